The zero-order valence-corrected chi connectivity index (χ0v) is 8.36. The lowest BCUT2D eigenvalue weighted by Gasteiger charge is -2.23. The fourth-order valence-corrected chi connectivity index (χ4v) is 1.42. The van der Waals surface area contributed by atoms with Crippen LogP contribution in [0.1, 0.15) is 20.3 Å². The van der Waals surface area contributed by atoms with Crippen molar-refractivity contribution in [1.82, 2.24) is 0 Å². The molecule has 0 aromatic carbocycles. The average Bonchev–Trinajstić information content (AvgIpc) is 2.11. The van der Waals surface area contributed by atoms with E-state index in [9.17, 15) is 4.79 Å². The third-order valence-corrected chi connectivity index (χ3v) is 2.52. The monoisotopic (exact) mass is 182 g/mol. The van der Waals surface area contributed by atoms with Crippen LogP contribution in [-0.4, -0.2) is 11.1 Å². The van der Waals surface area contributed by atoms with E-state index >= 15 is 0 Å². The lowest BCUT2D eigenvalue weighted by atomic mass is 9.81. The fourth-order valence-electron chi connectivity index (χ4n) is 1.42. The van der Waals surface area contributed by atoms with Gasteiger partial charge in [-0.1, -0.05) is 26.0 Å². The quantitative estimate of drug-likeness (QED) is 0.641. The maximum absolute atomic E-state index is 10.8. The van der Waals surface area contributed by atoms with Gasteiger partial charge in [0.15, 0.2) is 0 Å². The Morgan fingerprint density at radius 1 is 1.46 bits per heavy atom. The first-order valence-electron chi connectivity index (χ1n) is 4.50. The predicted molar refractivity (Wildman–Crippen MR) is 54.5 cm³/mol. The molecular weight excluding hydrogens is 164 g/mol. The summed E-state index contributed by atoms with van der Waals surface area (Å²) >= 11 is 0. The van der Waals surface area contributed by atoms with E-state index in [-0.39, 0.29) is 17.8 Å². The number of hydrogen-bond donors (Lipinski definition) is 1. The number of carboxylic acid groups (broad SMARTS) is 1. The van der Waals surface area contributed by atoms with Crippen molar-refractivity contribution in [2.75, 3.05) is 0 Å². The van der Waals surface area contributed by atoms with E-state index in [1.165, 1.54) is 0 Å². The van der Waals surface area contributed by atoms with E-state index < -0.39 is 5.97 Å². The molecule has 3 unspecified atom stereocenters. The highest BCUT2D eigenvalue weighted by Gasteiger charge is 2.25. The van der Waals surface area contributed by atoms with Gasteiger partial charge in [-0.15, -0.1) is 13.2 Å². The van der Waals surface area contributed by atoms with Gasteiger partial charge in [0.25, 0.3) is 0 Å². The van der Waals surface area contributed by atoms with Gasteiger partial charge in [-0.05, 0) is 18.3 Å². The van der Waals surface area contributed by atoms with Crippen LogP contribution in [0.25, 0.3) is 0 Å². The van der Waals surface area contributed by atoms with Crippen LogP contribution in [0.2, 0.25) is 0 Å². The molecule has 3 atom stereocenters. The van der Waals surface area contributed by atoms with Gasteiger partial charge in [0.2, 0.25) is 0 Å². The molecule has 2 heteroatoms. The molecule has 0 saturated heterocycles. The van der Waals surface area contributed by atoms with Crippen LogP contribution in [0, 0.1) is 17.8 Å². The van der Waals surface area contributed by atoms with Crippen molar-refractivity contribution >= 4 is 5.97 Å². The first kappa shape index (κ1) is 11.9. The lowest BCUT2D eigenvalue weighted by Crippen LogP contribution is -2.24. The summed E-state index contributed by atoms with van der Waals surface area (Å²) in [7, 11) is 0. The Bertz CT molecular complexity index is 196. The first-order chi connectivity index (χ1) is 6.04. The van der Waals surface area contributed by atoms with Crippen LogP contribution in [0.3, 0.4) is 0 Å². The van der Waals surface area contributed by atoms with Crippen LogP contribution < -0.4 is 0 Å². The second-order valence-electron chi connectivity index (χ2n) is 3.41. The normalized spacial score (nSPS) is 17.1. The van der Waals surface area contributed by atoms with Crippen molar-refractivity contribution in [3.05, 3.63) is 25.3 Å². The molecule has 0 aliphatic heterocycles. The second-order valence-corrected chi connectivity index (χ2v) is 3.41. The standard InChI is InChI=1S/C11H18O2/c1-5-7-10(8(3)6-2)9(4)11(12)13/h5-6,8-10H,1-2,7H2,3-4H3,(H,12,13). The average molecular weight is 182 g/mol. The van der Waals surface area contributed by atoms with Crippen molar-refractivity contribution in [2.45, 2.75) is 20.3 Å². The van der Waals surface area contributed by atoms with Gasteiger partial charge in [-0.25, -0.2) is 0 Å². The molecule has 0 radical (unpaired) electrons. The van der Waals surface area contributed by atoms with Gasteiger partial charge in [-0.3, -0.25) is 4.79 Å². The topological polar surface area (TPSA) is 37.3 Å². The predicted octanol–water partition coefficient (Wildman–Crippen LogP) is 2.72. The van der Waals surface area contributed by atoms with E-state index in [4.69, 9.17) is 5.11 Å². The van der Waals surface area contributed by atoms with Gasteiger partial charge in [0, 0.05) is 0 Å². The second kappa shape index (κ2) is 5.57. The van der Waals surface area contributed by atoms with E-state index in [0.717, 1.165) is 6.42 Å². The maximum atomic E-state index is 10.8. The SMILES string of the molecule is C=CCC(C(C)C=C)C(C)C(=O)O. The van der Waals surface area contributed by atoms with Crippen molar-refractivity contribution in [1.29, 1.82) is 0 Å². The summed E-state index contributed by atoms with van der Waals surface area (Å²) in [4.78, 5) is 10.8. The van der Waals surface area contributed by atoms with Gasteiger partial charge < -0.3 is 5.11 Å². The molecule has 0 rings (SSSR count). The van der Waals surface area contributed by atoms with Gasteiger partial charge in [0.1, 0.15) is 0 Å². The highest BCUT2D eigenvalue weighted by Crippen LogP contribution is 2.25. The molecule has 0 fully saturated rings. The third-order valence-electron chi connectivity index (χ3n) is 2.52. The molecule has 0 bridgehead atoms. The van der Waals surface area contributed by atoms with Gasteiger partial charge in [0.05, 0.1) is 5.92 Å². The van der Waals surface area contributed by atoms with E-state index in [1.807, 2.05) is 6.92 Å². The number of carbonyl (C=O) groups is 1. The summed E-state index contributed by atoms with van der Waals surface area (Å²) in [5.41, 5.74) is 0. The zero-order chi connectivity index (χ0) is 10.4. The molecule has 13 heavy (non-hydrogen) atoms. The minimum atomic E-state index is -0.749. The number of hydrogen-bond acceptors (Lipinski definition) is 1. The van der Waals surface area contributed by atoms with Crippen molar-refractivity contribution < 1.29 is 9.90 Å². The van der Waals surface area contributed by atoms with Crippen molar-refractivity contribution in [3.63, 3.8) is 0 Å². The van der Waals surface area contributed by atoms with Gasteiger partial charge >= 0.3 is 5.97 Å². The molecule has 0 aromatic rings. The molecule has 0 aromatic heterocycles. The summed E-state index contributed by atoms with van der Waals surface area (Å²) in [5.74, 6) is -0.775. The largest absolute Gasteiger partial charge is 0.481 e. The van der Waals surface area contributed by atoms with Crippen molar-refractivity contribution in [3.8, 4) is 0 Å². The number of aliphatic carboxylic acids is 1. The van der Waals surface area contributed by atoms with Gasteiger partial charge in [-0.2, -0.15) is 0 Å². The van der Waals surface area contributed by atoms with E-state index in [0.29, 0.717) is 0 Å². The summed E-state index contributed by atoms with van der Waals surface area (Å²) in [5, 5.41) is 8.85. The number of rotatable bonds is 6. The molecular formula is C11H18O2. The number of carboxylic acids is 1. The fraction of sp³-hybridized carbons (Fsp3) is 0.545. The van der Waals surface area contributed by atoms with E-state index in [2.05, 4.69) is 13.2 Å². The Balaban J connectivity index is 4.47. The summed E-state index contributed by atoms with van der Waals surface area (Å²) in [6, 6.07) is 0. The Hall–Kier alpha value is -1.05. The van der Waals surface area contributed by atoms with Crippen LogP contribution in [0.4, 0.5) is 0 Å². The summed E-state index contributed by atoms with van der Waals surface area (Å²) in [6.07, 6.45) is 4.29. The molecule has 0 heterocycles. The summed E-state index contributed by atoms with van der Waals surface area (Å²) in [6.45, 7) is 11.0. The Morgan fingerprint density at radius 2 is 2.00 bits per heavy atom. The summed E-state index contributed by atoms with van der Waals surface area (Å²) < 4.78 is 0. The molecule has 0 aliphatic rings. The molecule has 0 amide bonds. The molecule has 1 N–H and O–H groups in total. The Kier molecular flexibility index (Phi) is 5.12. The van der Waals surface area contributed by atoms with Crippen LogP contribution in [-0.2, 0) is 4.79 Å². The van der Waals surface area contributed by atoms with Crippen LogP contribution in [0.5, 0.6) is 0 Å². The number of allylic oxidation sites excluding steroid dienone is 2. The van der Waals surface area contributed by atoms with Crippen LogP contribution >= 0.6 is 0 Å². The zero-order valence-electron chi connectivity index (χ0n) is 8.36. The molecule has 0 aliphatic carbocycles. The highest BCUT2D eigenvalue weighted by atomic mass is 16.4. The molecule has 74 valence electrons. The first-order valence-corrected chi connectivity index (χ1v) is 4.50. The minimum absolute atomic E-state index is 0.104. The Labute approximate surface area is 80.0 Å². The minimum Gasteiger partial charge on any atom is -0.481 e. The smallest absolute Gasteiger partial charge is 0.306 e. The maximum Gasteiger partial charge on any atom is 0.306 e. The Morgan fingerprint density at radius 3 is 2.31 bits per heavy atom. The molecule has 2 nitrogen and oxygen atoms in total. The molecule has 0 spiro atoms. The van der Waals surface area contributed by atoms with Crippen LogP contribution in [0.15, 0.2) is 25.3 Å². The highest BCUT2D eigenvalue weighted by molar-refractivity contribution is 5.70. The van der Waals surface area contributed by atoms with Crippen molar-refractivity contribution in [2.24, 2.45) is 17.8 Å². The molecule has 0 saturated carbocycles. The van der Waals surface area contributed by atoms with E-state index in [1.54, 1.807) is 19.1 Å². The third kappa shape index (κ3) is 3.45. The lowest BCUT2D eigenvalue weighted by molar-refractivity contribution is -0.143.